The minimum atomic E-state index is -0.878. The molecule has 0 aromatic heterocycles. The molecule has 5 heteroatoms. The highest BCUT2D eigenvalue weighted by molar-refractivity contribution is 5.98. The minimum absolute atomic E-state index is 0.181. The van der Waals surface area contributed by atoms with Crippen molar-refractivity contribution in [1.82, 2.24) is 0 Å². The van der Waals surface area contributed by atoms with Crippen LogP contribution in [0.5, 0.6) is 0 Å². The van der Waals surface area contributed by atoms with Crippen molar-refractivity contribution in [3.63, 3.8) is 0 Å². The van der Waals surface area contributed by atoms with E-state index in [2.05, 4.69) is 16.3 Å². The molecule has 0 radical (unpaired) electrons. The van der Waals surface area contributed by atoms with E-state index in [1.54, 1.807) is 0 Å². The molecule has 1 aliphatic carbocycles. The molecule has 1 amide bonds. The number of carboxylic acid groups (broad SMARTS) is 1. The highest BCUT2D eigenvalue weighted by atomic mass is 16.4. The molecule has 5 nitrogen and oxygen atoms in total. The number of rotatable bonds is 4. The molecule has 2 atom stereocenters. The van der Waals surface area contributed by atoms with Gasteiger partial charge in [-0.1, -0.05) is 0 Å². The van der Waals surface area contributed by atoms with E-state index in [1.807, 2.05) is 19.1 Å². The Morgan fingerprint density at radius 3 is 2.52 bits per heavy atom. The number of carbonyl (C=O) groups is 2. The quantitative estimate of drug-likeness (QED) is 0.891. The van der Waals surface area contributed by atoms with Gasteiger partial charge >= 0.3 is 5.97 Å². The molecule has 3 rings (SSSR count). The predicted octanol–water partition coefficient (Wildman–Crippen LogP) is 2.25. The van der Waals surface area contributed by atoms with E-state index in [1.165, 1.54) is 18.5 Å². The summed E-state index contributed by atoms with van der Waals surface area (Å²) < 4.78 is 0. The van der Waals surface area contributed by atoms with Crippen LogP contribution in [0.25, 0.3) is 0 Å². The average Bonchev–Trinajstić information content (AvgIpc) is 3.08. The van der Waals surface area contributed by atoms with Gasteiger partial charge in [-0.15, -0.1) is 0 Å². The Bertz CT molecular complexity index is 579. The van der Waals surface area contributed by atoms with Gasteiger partial charge in [-0.3, -0.25) is 9.59 Å². The Morgan fingerprint density at radius 1 is 1.24 bits per heavy atom. The first kappa shape index (κ1) is 13.9. The maximum absolute atomic E-state index is 12.0. The third-order valence-electron chi connectivity index (χ3n) is 4.38. The highest BCUT2D eigenvalue weighted by Crippen LogP contribution is 2.39. The molecule has 1 aromatic rings. The number of amides is 1. The largest absolute Gasteiger partial charge is 0.481 e. The van der Waals surface area contributed by atoms with Crippen molar-refractivity contribution >= 4 is 23.3 Å². The lowest BCUT2D eigenvalue weighted by Gasteiger charge is -2.19. The lowest BCUT2D eigenvalue weighted by atomic mass is 10.1. The predicted molar refractivity (Wildman–Crippen MR) is 80.5 cm³/mol. The Kier molecular flexibility index (Phi) is 3.57. The van der Waals surface area contributed by atoms with Gasteiger partial charge in [0, 0.05) is 24.5 Å². The molecule has 2 fully saturated rings. The molecule has 1 aromatic carbocycles. The molecule has 0 spiro atoms. The van der Waals surface area contributed by atoms with Gasteiger partial charge in [-0.05, 0) is 49.9 Å². The van der Waals surface area contributed by atoms with Gasteiger partial charge in [0.15, 0.2) is 0 Å². The molecule has 112 valence electrons. The molecule has 2 aliphatic rings. The summed E-state index contributed by atoms with van der Waals surface area (Å²) in [5, 5.41) is 11.7. The van der Waals surface area contributed by atoms with Crippen molar-refractivity contribution < 1.29 is 14.7 Å². The van der Waals surface area contributed by atoms with E-state index < -0.39 is 11.9 Å². The summed E-state index contributed by atoms with van der Waals surface area (Å²) in [6.07, 6.45) is 2.91. The van der Waals surface area contributed by atoms with Gasteiger partial charge in [0.1, 0.15) is 0 Å². The molecule has 1 saturated heterocycles. The maximum Gasteiger partial charge on any atom is 0.307 e. The minimum Gasteiger partial charge on any atom is -0.481 e. The van der Waals surface area contributed by atoms with Crippen molar-refractivity contribution in [1.29, 1.82) is 0 Å². The number of aryl methyl sites for hydroxylation is 1. The number of hydrogen-bond acceptors (Lipinski definition) is 3. The van der Waals surface area contributed by atoms with E-state index in [-0.39, 0.29) is 11.8 Å². The fraction of sp³-hybridized carbons (Fsp3) is 0.500. The summed E-state index contributed by atoms with van der Waals surface area (Å²) in [6, 6.07) is 6.02. The molecule has 21 heavy (non-hydrogen) atoms. The summed E-state index contributed by atoms with van der Waals surface area (Å²) in [4.78, 5) is 25.1. The first-order valence-electron chi connectivity index (χ1n) is 7.45. The zero-order chi connectivity index (χ0) is 15.0. The number of benzene rings is 1. The second-order valence-electron chi connectivity index (χ2n) is 5.97. The number of nitrogens with zero attached hydrogens (tertiary/aromatic N) is 1. The Labute approximate surface area is 123 Å². The van der Waals surface area contributed by atoms with Crippen LogP contribution in [0.1, 0.15) is 24.8 Å². The highest BCUT2D eigenvalue weighted by Gasteiger charge is 2.48. The number of aliphatic carboxylic acids is 1. The van der Waals surface area contributed by atoms with Crippen LogP contribution in [-0.2, 0) is 9.59 Å². The Balaban J connectivity index is 1.66. The van der Waals surface area contributed by atoms with E-state index in [0.717, 1.165) is 24.3 Å². The molecular formula is C16H20N2O3. The normalized spacial score (nSPS) is 24.0. The fourth-order valence-corrected chi connectivity index (χ4v) is 2.94. The third-order valence-corrected chi connectivity index (χ3v) is 4.38. The molecular weight excluding hydrogens is 268 g/mol. The van der Waals surface area contributed by atoms with Crippen molar-refractivity contribution in [3.05, 3.63) is 23.8 Å². The van der Waals surface area contributed by atoms with Crippen LogP contribution in [0.3, 0.4) is 0 Å². The van der Waals surface area contributed by atoms with E-state index in [9.17, 15) is 9.59 Å². The summed E-state index contributed by atoms with van der Waals surface area (Å²) in [7, 11) is 0. The van der Waals surface area contributed by atoms with Crippen molar-refractivity contribution in [2.24, 2.45) is 11.8 Å². The number of carbonyl (C=O) groups excluding carboxylic acids is 1. The van der Waals surface area contributed by atoms with Gasteiger partial charge in [0.2, 0.25) is 5.91 Å². The topological polar surface area (TPSA) is 69.6 Å². The van der Waals surface area contributed by atoms with Crippen LogP contribution in [0.15, 0.2) is 18.2 Å². The van der Waals surface area contributed by atoms with Gasteiger partial charge in [-0.2, -0.15) is 0 Å². The molecule has 2 N–H and O–H groups in total. The van der Waals surface area contributed by atoms with Crippen LogP contribution < -0.4 is 10.2 Å². The van der Waals surface area contributed by atoms with Crippen LogP contribution in [0.2, 0.25) is 0 Å². The first-order valence-corrected chi connectivity index (χ1v) is 7.45. The Morgan fingerprint density at radius 2 is 1.95 bits per heavy atom. The zero-order valence-electron chi connectivity index (χ0n) is 12.1. The van der Waals surface area contributed by atoms with Crippen molar-refractivity contribution in [3.8, 4) is 0 Å². The molecule has 1 aliphatic heterocycles. The standard InChI is InChI=1S/C16H20N2O3/c1-10-8-11(18-6-2-3-7-18)4-5-14(10)17-15(19)12-9-13(12)16(20)21/h4-5,8,12-13H,2-3,6-7,9H2,1H3,(H,17,19)(H,20,21)/t12-,13+/m1/s1. The number of carboxylic acids is 1. The van der Waals surface area contributed by atoms with Gasteiger partial charge in [0.05, 0.1) is 11.8 Å². The lowest BCUT2D eigenvalue weighted by molar-refractivity contribution is -0.139. The fourth-order valence-electron chi connectivity index (χ4n) is 2.94. The van der Waals surface area contributed by atoms with Crippen LogP contribution in [-0.4, -0.2) is 30.1 Å². The van der Waals surface area contributed by atoms with E-state index in [4.69, 9.17) is 5.11 Å². The van der Waals surface area contributed by atoms with Crippen LogP contribution in [0, 0.1) is 18.8 Å². The monoisotopic (exact) mass is 288 g/mol. The second kappa shape index (κ2) is 5.39. The second-order valence-corrected chi connectivity index (χ2v) is 5.97. The smallest absolute Gasteiger partial charge is 0.307 e. The van der Waals surface area contributed by atoms with Crippen LogP contribution >= 0.6 is 0 Å². The summed E-state index contributed by atoms with van der Waals surface area (Å²) in [6.45, 7) is 4.15. The van der Waals surface area contributed by atoms with E-state index in [0.29, 0.717) is 6.42 Å². The SMILES string of the molecule is Cc1cc(N2CCCC2)ccc1NC(=O)[C@@H]1C[C@@H]1C(=O)O. The molecule has 0 bridgehead atoms. The lowest BCUT2D eigenvalue weighted by Crippen LogP contribution is -2.19. The summed E-state index contributed by atoms with van der Waals surface area (Å²) in [5.41, 5.74) is 2.98. The number of anilines is 2. The van der Waals surface area contributed by atoms with Gasteiger partial charge in [0.25, 0.3) is 0 Å². The first-order chi connectivity index (χ1) is 10.1. The number of hydrogen-bond donors (Lipinski definition) is 2. The zero-order valence-corrected chi connectivity index (χ0v) is 12.1. The van der Waals surface area contributed by atoms with Crippen molar-refractivity contribution in [2.75, 3.05) is 23.3 Å². The van der Waals surface area contributed by atoms with E-state index >= 15 is 0 Å². The summed E-state index contributed by atoms with van der Waals surface area (Å²) >= 11 is 0. The van der Waals surface area contributed by atoms with Gasteiger partial charge < -0.3 is 15.3 Å². The summed E-state index contributed by atoms with van der Waals surface area (Å²) in [5.74, 6) is -1.94. The van der Waals surface area contributed by atoms with Crippen LogP contribution in [0.4, 0.5) is 11.4 Å². The maximum atomic E-state index is 12.0. The Hall–Kier alpha value is -2.04. The van der Waals surface area contributed by atoms with Gasteiger partial charge in [-0.25, -0.2) is 0 Å². The number of nitrogens with one attached hydrogen (secondary N) is 1. The third kappa shape index (κ3) is 2.86. The average molecular weight is 288 g/mol. The molecule has 0 unspecified atom stereocenters. The molecule has 1 heterocycles. The molecule has 1 saturated carbocycles. The van der Waals surface area contributed by atoms with Crippen molar-refractivity contribution in [2.45, 2.75) is 26.2 Å².